The van der Waals surface area contributed by atoms with Crippen LogP contribution in [0.4, 0.5) is 0 Å². The van der Waals surface area contributed by atoms with Crippen LogP contribution in [0.25, 0.3) is 0 Å². The van der Waals surface area contributed by atoms with Crippen LogP contribution < -0.4 is 0 Å². The van der Waals surface area contributed by atoms with E-state index in [0.717, 1.165) is 11.1 Å². The predicted octanol–water partition coefficient (Wildman–Crippen LogP) is 4.18. The van der Waals surface area contributed by atoms with Crippen LogP contribution in [0.5, 0.6) is 0 Å². The summed E-state index contributed by atoms with van der Waals surface area (Å²) in [5.74, 6) is 0. The van der Waals surface area contributed by atoms with Gasteiger partial charge in [-0.2, -0.15) is 0 Å². The van der Waals surface area contributed by atoms with Crippen LogP contribution in [-0.4, -0.2) is 8.42 Å². The molecule has 0 saturated heterocycles. The van der Waals surface area contributed by atoms with Crippen molar-refractivity contribution in [1.82, 2.24) is 0 Å². The molecule has 0 fully saturated rings. The van der Waals surface area contributed by atoms with Gasteiger partial charge < -0.3 is 0 Å². The molecule has 100 valence electrons. The minimum absolute atomic E-state index is 0.348. The first-order valence-corrected chi connectivity index (χ1v) is 7.90. The van der Waals surface area contributed by atoms with E-state index in [1.54, 1.807) is 43.3 Å². The molecule has 2 aromatic rings. The number of benzene rings is 2. The van der Waals surface area contributed by atoms with E-state index in [1.807, 2.05) is 19.1 Å². The Hall–Kier alpha value is -1.32. The van der Waals surface area contributed by atoms with Gasteiger partial charge in [0.25, 0.3) is 0 Å². The second-order valence-electron chi connectivity index (χ2n) is 4.55. The molecule has 19 heavy (non-hydrogen) atoms. The summed E-state index contributed by atoms with van der Waals surface area (Å²) < 4.78 is 25.0. The number of aryl methyl sites for hydroxylation is 1. The van der Waals surface area contributed by atoms with Gasteiger partial charge in [-0.25, -0.2) is 8.42 Å². The van der Waals surface area contributed by atoms with Crippen LogP contribution >= 0.6 is 11.6 Å². The Morgan fingerprint density at radius 2 is 1.47 bits per heavy atom. The first-order valence-electron chi connectivity index (χ1n) is 5.97. The molecule has 0 bridgehead atoms. The van der Waals surface area contributed by atoms with Crippen LogP contribution in [0.2, 0.25) is 5.02 Å². The first kappa shape index (κ1) is 14.1. The normalized spacial score (nSPS) is 13.2. The maximum atomic E-state index is 12.5. The van der Waals surface area contributed by atoms with Gasteiger partial charge in [-0.05, 0) is 43.7 Å². The fourth-order valence-corrected chi connectivity index (χ4v) is 3.41. The molecule has 0 aliphatic carbocycles. The fraction of sp³-hybridized carbons (Fsp3) is 0.200. The Morgan fingerprint density at radius 3 is 2.00 bits per heavy atom. The molecule has 4 heteroatoms. The van der Waals surface area contributed by atoms with Crippen LogP contribution in [0.1, 0.15) is 23.3 Å². The van der Waals surface area contributed by atoms with Gasteiger partial charge in [-0.1, -0.05) is 41.4 Å². The fourth-order valence-electron chi connectivity index (χ4n) is 1.85. The first-order chi connectivity index (χ1) is 8.91. The quantitative estimate of drug-likeness (QED) is 0.851. The third-order valence-corrected chi connectivity index (χ3v) is 5.54. The molecule has 0 amide bonds. The standard InChI is InChI=1S/C15H15ClO2S/c1-11-3-9-15(10-4-11)19(17,18)12(2)13-5-7-14(16)8-6-13/h3-10,12H,1-2H3. The van der Waals surface area contributed by atoms with E-state index < -0.39 is 15.1 Å². The van der Waals surface area contributed by atoms with E-state index >= 15 is 0 Å². The number of halogens is 1. The summed E-state index contributed by atoms with van der Waals surface area (Å²) in [5.41, 5.74) is 1.78. The maximum Gasteiger partial charge on any atom is 0.185 e. The molecule has 0 heterocycles. The third-order valence-electron chi connectivity index (χ3n) is 3.15. The van der Waals surface area contributed by atoms with E-state index in [-0.39, 0.29) is 0 Å². The molecule has 0 radical (unpaired) electrons. The minimum Gasteiger partial charge on any atom is -0.223 e. The van der Waals surface area contributed by atoms with Gasteiger partial charge in [0.15, 0.2) is 9.84 Å². The van der Waals surface area contributed by atoms with Crippen LogP contribution in [0.15, 0.2) is 53.4 Å². The van der Waals surface area contributed by atoms with Gasteiger partial charge in [0.1, 0.15) is 0 Å². The zero-order valence-corrected chi connectivity index (χ0v) is 12.4. The van der Waals surface area contributed by atoms with Crippen molar-refractivity contribution in [1.29, 1.82) is 0 Å². The third kappa shape index (κ3) is 2.99. The highest BCUT2D eigenvalue weighted by atomic mass is 35.5. The zero-order valence-electron chi connectivity index (χ0n) is 10.8. The van der Waals surface area contributed by atoms with Gasteiger partial charge in [-0.3, -0.25) is 0 Å². The van der Waals surface area contributed by atoms with Crippen molar-refractivity contribution in [3.05, 3.63) is 64.7 Å². The second-order valence-corrected chi connectivity index (χ2v) is 7.26. The van der Waals surface area contributed by atoms with E-state index in [2.05, 4.69) is 0 Å². The highest BCUT2D eigenvalue weighted by Crippen LogP contribution is 2.29. The summed E-state index contributed by atoms with van der Waals surface area (Å²) in [6.45, 7) is 3.62. The van der Waals surface area contributed by atoms with Crippen molar-refractivity contribution >= 4 is 21.4 Å². The SMILES string of the molecule is Cc1ccc(S(=O)(=O)C(C)c2ccc(Cl)cc2)cc1. The lowest BCUT2D eigenvalue weighted by atomic mass is 10.2. The highest BCUT2D eigenvalue weighted by Gasteiger charge is 2.24. The summed E-state index contributed by atoms with van der Waals surface area (Å²) in [6.07, 6.45) is 0. The Balaban J connectivity index is 2.39. The van der Waals surface area contributed by atoms with Crippen molar-refractivity contribution in [3.8, 4) is 0 Å². The lowest BCUT2D eigenvalue weighted by Crippen LogP contribution is -2.10. The van der Waals surface area contributed by atoms with Gasteiger partial charge in [0, 0.05) is 5.02 Å². The van der Waals surface area contributed by atoms with Crippen LogP contribution in [-0.2, 0) is 9.84 Å². The van der Waals surface area contributed by atoms with E-state index in [9.17, 15) is 8.42 Å². The smallest absolute Gasteiger partial charge is 0.185 e. The average Bonchev–Trinajstić information content (AvgIpc) is 2.39. The van der Waals surface area contributed by atoms with Gasteiger partial charge >= 0.3 is 0 Å². The van der Waals surface area contributed by atoms with E-state index in [1.165, 1.54) is 0 Å². The topological polar surface area (TPSA) is 34.1 Å². The molecule has 2 aromatic carbocycles. The molecule has 1 unspecified atom stereocenters. The van der Waals surface area contributed by atoms with Crippen molar-refractivity contribution in [3.63, 3.8) is 0 Å². The molecule has 0 aliphatic heterocycles. The Bertz CT molecular complexity index is 658. The van der Waals surface area contributed by atoms with E-state index in [4.69, 9.17) is 11.6 Å². The molecule has 2 rings (SSSR count). The van der Waals surface area contributed by atoms with Crippen LogP contribution in [0, 0.1) is 6.92 Å². The van der Waals surface area contributed by atoms with E-state index in [0.29, 0.717) is 9.92 Å². The van der Waals surface area contributed by atoms with Crippen molar-refractivity contribution in [2.45, 2.75) is 24.0 Å². The maximum absolute atomic E-state index is 12.5. The molecule has 0 spiro atoms. The molecule has 2 nitrogen and oxygen atoms in total. The molecule has 0 aromatic heterocycles. The van der Waals surface area contributed by atoms with Crippen molar-refractivity contribution in [2.75, 3.05) is 0 Å². The lowest BCUT2D eigenvalue weighted by molar-refractivity contribution is 0.586. The van der Waals surface area contributed by atoms with Gasteiger partial charge in [-0.15, -0.1) is 0 Å². The Kier molecular flexibility index (Phi) is 3.97. The molecular weight excluding hydrogens is 280 g/mol. The summed E-state index contributed by atoms with van der Waals surface area (Å²) in [5, 5.41) is 0.0103. The number of hydrogen-bond donors (Lipinski definition) is 0. The summed E-state index contributed by atoms with van der Waals surface area (Å²) >= 11 is 5.82. The zero-order chi connectivity index (χ0) is 14.0. The highest BCUT2D eigenvalue weighted by molar-refractivity contribution is 7.91. The predicted molar refractivity (Wildman–Crippen MR) is 78.2 cm³/mol. The average molecular weight is 295 g/mol. The van der Waals surface area contributed by atoms with Crippen LogP contribution in [0.3, 0.4) is 0 Å². The van der Waals surface area contributed by atoms with Gasteiger partial charge in [0.05, 0.1) is 10.1 Å². The van der Waals surface area contributed by atoms with Crippen molar-refractivity contribution in [2.24, 2.45) is 0 Å². The molecule has 0 N–H and O–H groups in total. The number of rotatable bonds is 3. The summed E-state index contributed by atoms with van der Waals surface area (Å²) in [6, 6.07) is 13.8. The number of hydrogen-bond acceptors (Lipinski definition) is 2. The summed E-state index contributed by atoms with van der Waals surface area (Å²) in [4.78, 5) is 0.348. The van der Waals surface area contributed by atoms with Crippen molar-refractivity contribution < 1.29 is 8.42 Å². The number of sulfone groups is 1. The molecule has 0 aliphatic rings. The lowest BCUT2D eigenvalue weighted by Gasteiger charge is -2.13. The molecular formula is C15H15ClO2S. The largest absolute Gasteiger partial charge is 0.223 e. The molecule has 0 saturated carbocycles. The Morgan fingerprint density at radius 1 is 0.947 bits per heavy atom. The minimum atomic E-state index is -3.36. The summed E-state index contributed by atoms with van der Waals surface area (Å²) in [7, 11) is -3.36. The second kappa shape index (κ2) is 5.35. The molecule has 1 atom stereocenters. The monoisotopic (exact) mass is 294 g/mol. The van der Waals surface area contributed by atoms with Gasteiger partial charge in [0.2, 0.25) is 0 Å². The Labute approximate surface area is 119 Å².